The molecule has 0 aliphatic carbocycles. The van der Waals surface area contributed by atoms with Gasteiger partial charge in [-0.3, -0.25) is 14.5 Å². The quantitative estimate of drug-likeness (QED) is 0.113. The van der Waals surface area contributed by atoms with Crippen molar-refractivity contribution in [1.82, 2.24) is 0 Å². The van der Waals surface area contributed by atoms with E-state index < -0.39 is 14.3 Å². The van der Waals surface area contributed by atoms with Crippen LogP contribution >= 0.6 is 0 Å². The van der Waals surface area contributed by atoms with Crippen LogP contribution in [0.5, 0.6) is 11.5 Å². The van der Waals surface area contributed by atoms with Crippen molar-refractivity contribution in [3.05, 3.63) is 95.3 Å². The molecule has 192 valence electrons. The lowest BCUT2D eigenvalue weighted by Crippen LogP contribution is -2.49. The molecule has 1 aliphatic heterocycles. The Labute approximate surface area is 218 Å². The summed E-state index contributed by atoms with van der Waals surface area (Å²) in [5, 5.41) is 0.0758. The van der Waals surface area contributed by atoms with E-state index in [1.807, 2.05) is 30.3 Å². The Hall–Kier alpha value is -3.71. The SMILES string of the molecule is CC(=O)Oc1ccc(/C=C2\C(=O)N(c3ccc(F)cc3)C2c2ccc(O[Si](C)(C)C(C)(C)C)cc2)cc1. The molecule has 0 saturated carbocycles. The molecule has 1 heterocycles. The highest BCUT2D eigenvalue weighted by molar-refractivity contribution is 6.74. The van der Waals surface area contributed by atoms with E-state index in [4.69, 9.17) is 9.16 Å². The first-order valence-corrected chi connectivity index (χ1v) is 15.1. The number of hydrogen-bond donors (Lipinski definition) is 0. The van der Waals surface area contributed by atoms with E-state index in [0.29, 0.717) is 17.0 Å². The average molecular weight is 518 g/mol. The van der Waals surface area contributed by atoms with Crippen LogP contribution in [0.15, 0.2) is 78.4 Å². The highest BCUT2D eigenvalue weighted by Gasteiger charge is 2.44. The van der Waals surface area contributed by atoms with Crippen molar-refractivity contribution in [1.29, 1.82) is 0 Å². The lowest BCUT2D eigenvalue weighted by Gasteiger charge is -2.43. The van der Waals surface area contributed by atoms with Gasteiger partial charge in [-0.2, -0.15) is 0 Å². The van der Waals surface area contributed by atoms with Gasteiger partial charge in [-0.15, -0.1) is 0 Å². The van der Waals surface area contributed by atoms with Gasteiger partial charge in [-0.05, 0) is 83.9 Å². The van der Waals surface area contributed by atoms with Crippen molar-refractivity contribution in [2.75, 3.05) is 4.90 Å². The first kappa shape index (κ1) is 26.4. The number of anilines is 1. The van der Waals surface area contributed by atoms with Crippen molar-refractivity contribution >= 4 is 32.0 Å². The van der Waals surface area contributed by atoms with Crippen molar-refractivity contribution in [3.63, 3.8) is 0 Å². The number of esters is 1. The monoisotopic (exact) mass is 517 g/mol. The van der Waals surface area contributed by atoms with E-state index >= 15 is 0 Å². The van der Waals surface area contributed by atoms with E-state index in [0.717, 1.165) is 16.9 Å². The van der Waals surface area contributed by atoms with Gasteiger partial charge in [-0.25, -0.2) is 4.39 Å². The van der Waals surface area contributed by atoms with Crippen LogP contribution in [0, 0.1) is 5.82 Å². The molecule has 3 aromatic rings. The Morgan fingerprint density at radius 3 is 2.03 bits per heavy atom. The van der Waals surface area contributed by atoms with Crippen LogP contribution in [0.3, 0.4) is 0 Å². The zero-order valence-corrected chi connectivity index (χ0v) is 23.0. The number of carbonyl (C=O) groups is 2. The summed E-state index contributed by atoms with van der Waals surface area (Å²) in [7, 11) is -1.99. The van der Waals surface area contributed by atoms with Gasteiger partial charge >= 0.3 is 5.97 Å². The van der Waals surface area contributed by atoms with E-state index in [1.54, 1.807) is 41.3 Å². The van der Waals surface area contributed by atoms with Gasteiger partial charge in [0.25, 0.3) is 5.91 Å². The molecular formula is C30H32FNO4Si. The van der Waals surface area contributed by atoms with Gasteiger partial charge < -0.3 is 9.16 Å². The number of amides is 1. The number of hydrogen-bond acceptors (Lipinski definition) is 4. The molecule has 1 fully saturated rings. The van der Waals surface area contributed by atoms with E-state index in [9.17, 15) is 14.0 Å². The summed E-state index contributed by atoms with van der Waals surface area (Å²) in [6.45, 7) is 12.4. The predicted octanol–water partition coefficient (Wildman–Crippen LogP) is 7.31. The highest BCUT2D eigenvalue weighted by Crippen LogP contribution is 2.45. The number of rotatable bonds is 6. The fourth-order valence-electron chi connectivity index (χ4n) is 3.93. The molecule has 1 aliphatic rings. The van der Waals surface area contributed by atoms with Crippen LogP contribution in [0.1, 0.15) is 44.9 Å². The van der Waals surface area contributed by atoms with Crippen molar-refractivity contribution in [3.8, 4) is 11.5 Å². The molecule has 37 heavy (non-hydrogen) atoms. The van der Waals surface area contributed by atoms with Crippen LogP contribution in [0.25, 0.3) is 6.08 Å². The standard InChI is InChI=1S/C30H32FNO4Si/c1-20(33)35-25-15-7-21(8-16-25)19-27-28(32(29(27)34)24-13-11-23(31)12-14-24)22-9-17-26(18-10-22)36-37(5,6)30(2,3)4/h7-19,28H,1-6H3/b27-19-. The lowest BCUT2D eigenvalue weighted by atomic mass is 9.86. The van der Waals surface area contributed by atoms with Gasteiger partial charge in [0.2, 0.25) is 8.32 Å². The summed E-state index contributed by atoms with van der Waals surface area (Å²) in [5.41, 5.74) is 2.97. The minimum Gasteiger partial charge on any atom is -0.544 e. The minimum absolute atomic E-state index is 0.0758. The molecule has 1 saturated heterocycles. The predicted molar refractivity (Wildman–Crippen MR) is 147 cm³/mol. The fraction of sp³-hybridized carbons (Fsp3) is 0.267. The van der Waals surface area contributed by atoms with Crippen LogP contribution in [0.4, 0.5) is 10.1 Å². The third kappa shape index (κ3) is 5.67. The van der Waals surface area contributed by atoms with Gasteiger partial charge in [0.05, 0.1) is 6.04 Å². The third-order valence-corrected chi connectivity index (χ3v) is 11.3. The first-order valence-electron chi connectivity index (χ1n) is 12.2. The summed E-state index contributed by atoms with van der Waals surface area (Å²) in [5.74, 6) is 0.347. The van der Waals surface area contributed by atoms with Crippen molar-refractivity contribution in [2.24, 2.45) is 0 Å². The topological polar surface area (TPSA) is 55.8 Å². The fourth-order valence-corrected chi connectivity index (χ4v) is 4.96. The largest absolute Gasteiger partial charge is 0.544 e. The summed E-state index contributed by atoms with van der Waals surface area (Å²) in [4.78, 5) is 26.2. The molecule has 4 rings (SSSR count). The second kappa shape index (κ2) is 9.98. The summed E-state index contributed by atoms with van der Waals surface area (Å²) < 4.78 is 25.1. The molecule has 0 spiro atoms. The highest BCUT2D eigenvalue weighted by atomic mass is 28.4. The molecule has 1 unspecified atom stereocenters. The molecule has 0 radical (unpaired) electrons. The van der Waals surface area contributed by atoms with E-state index in [1.165, 1.54) is 19.1 Å². The van der Waals surface area contributed by atoms with Crippen LogP contribution in [0.2, 0.25) is 18.1 Å². The van der Waals surface area contributed by atoms with Crippen LogP contribution in [-0.4, -0.2) is 20.2 Å². The van der Waals surface area contributed by atoms with E-state index in [-0.39, 0.29) is 22.8 Å². The second-order valence-electron chi connectivity index (χ2n) is 10.7. The normalized spacial score (nSPS) is 16.9. The number of carbonyl (C=O) groups excluding carboxylic acids is 2. The Balaban J connectivity index is 1.66. The Morgan fingerprint density at radius 2 is 1.49 bits per heavy atom. The molecule has 1 atom stereocenters. The van der Waals surface area contributed by atoms with Gasteiger partial charge in [-0.1, -0.05) is 45.0 Å². The Morgan fingerprint density at radius 1 is 0.919 bits per heavy atom. The Kier molecular flexibility index (Phi) is 7.10. The molecular weight excluding hydrogens is 485 g/mol. The maximum Gasteiger partial charge on any atom is 0.308 e. The minimum atomic E-state index is -1.99. The van der Waals surface area contributed by atoms with Gasteiger partial charge in [0, 0.05) is 18.2 Å². The van der Waals surface area contributed by atoms with Gasteiger partial charge in [0.15, 0.2) is 0 Å². The maximum absolute atomic E-state index is 13.6. The number of halogens is 1. The molecule has 0 aromatic heterocycles. The summed E-state index contributed by atoms with van der Waals surface area (Å²) in [6, 6.07) is 20.4. The Bertz CT molecular complexity index is 1320. The summed E-state index contributed by atoms with van der Waals surface area (Å²) in [6.07, 6.45) is 1.84. The molecule has 3 aromatic carbocycles. The average Bonchev–Trinajstić information content (AvgIpc) is 2.82. The number of ether oxygens (including phenoxy) is 1. The second-order valence-corrected chi connectivity index (χ2v) is 15.5. The van der Waals surface area contributed by atoms with Crippen molar-refractivity contribution in [2.45, 2.75) is 51.9 Å². The smallest absolute Gasteiger partial charge is 0.308 e. The van der Waals surface area contributed by atoms with Crippen molar-refractivity contribution < 1.29 is 23.1 Å². The van der Waals surface area contributed by atoms with Crippen LogP contribution < -0.4 is 14.1 Å². The summed E-state index contributed by atoms with van der Waals surface area (Å²) >= 11 is 0. The maximum atomic E-state index is 13.6. The molecule has 5 nitrogen and oxygen atoms in total. The molecule has 0 N–H and O–H groups in total. The molecule has 1 amide bonds. The number of nitrogens with zero attached hydrogens (tertiary/aromatic N) is 1. The lowest BCUT2D eigenvalue weighted by molar-refractivity contribution is -0.131. The molecule has 7 heteroatoms. The third-order valence-electron chi connectivity index (χ3n) is 6.96. The molecule has 0 bridgehead atoms. The number of β-lactam (4-membered cyclic amide) rings is 1. The first-order chi connectivity index (χ1) is 17.4. The van der Waals surface area contributed by atoms with Crippen LogP contribution in [-0.2, 0) is 9.59 Å². The van der Waals surface area contributed by atoms with Gasteiger partial charge in [0.1, 0.15) is 17.3 Å². The zero-order chi connectivity index (χ0) is 27.0. The zero-order valence-electron chi connectivity index (χ0n) is 22.0. The number of benzene rings is 3. The van der Waals surface area contributed by atoms with E-state index in [2.05, 4.69) is 33.9 Å².